The first-order chi connectivity index (χ1) is 9.58. The number of ketones is 1. The van der Waals surface area contributed by atoms with Crippen LogP contribution < -0.4 is 0 Å². The first kappa shape index (κ1) is 15.1. The molecule has 0 saturated heterocycles. The third kappa shape index (κ3) is 4.36. The lowest BCUT2D eigenvalue weighted by Crippen LogP contribution is -2.29. The number of rotatable bonds is 6. The van der Waals surface area contributed by atoms with E-state index in [1.54, 1.807) is 0 Å². The van der Waals surface area contributed by atoms with Crippen molar-refractivity contribution in [3.8, 4) is 0 Å². The highest BCUT2D eigenvalue weighted by Crippen LogP contribution is 2.29. The molecule has 0 N–H and O–H groups in total. The largest absolute Gasteiger partial charge is 0.296 e. The zero-order chi connectivity index (χ0) is 14.4. The quantitative estimate of drug-likeness (QED) is 0.713. The summed E-state index contributed by atoms with van der Waals surface area (Å²) in [5, 5.41) is 0. The normalized spacial score (nSPS) is 11.3. The molecule has 0 aliphatic carbocycles. The third-order valence-corrected chi connectivity index (χ3v) is 3.85. The summed E-state index contributed by atoms with van der Waals surface area (Å²) >= 11 is 12.4. The van der Waals surface area contributed by atoms with Crippen LogP contribution in [-0.2, 0) is 17.6 Å². The zero-order valence-electron chi connectivity index (χ0n) is 11.1. The molecule has 2 rings (SSSR count). The number of aryl methyl sites for hydroxylation is 1. The SMILES string of the molecule is O=C(CCc1ccccc1)C(Cl)(Cl)Cc1ccccc1. The minimum Gasteiger partial charge on any atom is -0.296 e. The molecule has 0 aromatic heterocycles. The zero-order valence-corrected chi connectivity index (χ0v) is 12.6. The Kier molecular flexibility index (Phi) is 5.22. The second kappa shape index (κ2) is 6.92. The molecule has 0 amide bonds. The molecule has 0 heterocycles. The van der Waals surface area contributed by atoms with Gasteiger partial charge in [-0.15, -0.1) is 0 Å². The van der Waals surface area contributed by atoms with Crippen molar-refractivity contribution in [2.45, 2.75) is 23.6 Å². The van der Waals surface area contributed by atoms with Gasteiger partial charge in [0.15, 0.2) is 10.1 Å². The maximum Gasteiger partial charge on any atom is 0.179 e. The number of hydrogen-bond donors (Lipinski definition) is 0. The van der Waals surface area contributed by atoms with Gasteiger partial charge >= 0.3 is 0 Å². The van der Waals surface area contributed by atoms with Crippen LogP contribution in [-0.4, -0.2) is 10.1 Å². The van der Waals surface area contributed by atoms with E-state index in [-0.39, 0.29) is 5.78 Å². The van der Waals surface area contributed by atoms with Crippen LogP contribution in [0, 0.1) is 0 Å². The molecule has 0 spiro atoms. The number of Topliss-reactive ketones (excluding diaryl/α,β-unsaturated/α-hetero) is 1. The van der Waals surface area contributed by atoms with Crippen LogP contribution >= 0.6 is 23.2 Å². The average molecular weight is 307 g/mol. The summed E-state index contributed by atoms with van der Waals surface area (Å²) in [5.41, 5.74) is 2.08. The van der Waals surface area contributed by atoms with Gasteiger partial charge in [-0.3, -0.25) is 4.79 Å². The predicted molar refractivity (Wildman–Crippen MR) is 84.4 cm³/mol. The number of halogens is 2. The Morgan fingerprint density at radius 3 is 1.90 bits per heavy atom. The molecule has 104 valence electrons. The fourth-order valence-electron chi connectivity index (χ4n) is 2.04. The molecular weight excluding hydrogens is 291 g/mol. The monoisotopic (exact) mass is 306 g/mol. The molecule has 20 heavy (non-hydrogen) atoms. The molecule has 0 aliphatic rings. The van der Waals surface area contributed by atoms with Crippen LogP contribution in [0.3, 0.4) is 0 Å². The molecule has 2 aromatic carbocycles. The number of carbonyl (C=O) groups is 1. The highest BCUT2D eigenvalue weighted by atomic mass is 35.5. The highest BCUT2D eigenvalue weighted by Gasteiger charge is 2.32. The second-order valence-corrected chi connectivity index (χ2v) is 6.26. The summed E-state index contributed by atoms with van der Waals surface area (Å²) in [7, 11) is 0. The van der Waals surface area contributed by atoms with Crippen molar-refractivity contribution in [3.05, 3.63) is 71.8 Å². The van der Waals surface area contributed by atoms with E-state index in [1.807, 2.05) is 60.7 Å². The number of hydrogen-bond acceptors (Lipinski definition) is 1. The van der Waals surface area contributed by atoms with Gasteiger partial charge in [0.2, 0.25) is 0 Å². The van der Waals surface area contributed by atoms with Gasteiger partial charge in [0, 0.05) is 12.8 Å². The molecule has 2 aromatic rings. The summed E-state index contributed by atoms with van der Waals surface area (Å²) in [6, 6.07) is 19.4. The molecule has 3 heteroatoms. The van der Waals surface area contributed by atoms with Gasteiger partial charge < -0.3 is 0 Å². The third-order valence-electron chi connectivity index (χ3n) is 3.16. The molecule has 0 fully saturated rings. The lowest BCUT2D eigenvalue weighted by atomic mass is 10.0. The van der Waals surface area contributed by atoms with Gasteiger partial charge in [0.1, 0.15) is 0 Å². The predicted octanol–water partition coefficient (Wildman–Crippen LogP) is 4.60. The van der Waals surface area contributed by atoms with Crippen molar-refractivity contribution < 1.29 is 4.79 Å². The fraction of sp³-hybridized carbons (Fsp3) is 0.235. The van der Waals surface area contributed by atoms with Gasteiger partial charge in [0.25, 0.3) is 0 Å². The van der Waals surface area contributed by atoms with E-state index in [0.717, 1.165) is 11.1 Å². The second-order valence-electron chi connectivity index (χ2n) is 4.78. The van der Waals surface area contributed by atoms with Crippen LogP contribution in [0.4, 0.5) is 0 Å². The molecule has 0 bridgehead atoms. The first-order valence-electron chi connectivity index (χ1n) is 6.57. The molecule has 0 saturated carbocycles. The van der Waals surface area contributed by atoms with Crippen LogP contribution in [0.2, 0.25) is 0 Å². The van der Waals surface area contributed by atoms with Crippen molar-refractivity contribution in [2.24, 2.45) is 0 Å². The Hall–Kier alpha value is -1.31. The summed E-state index contributed by atoms with van der Waals surface area (Å²) in [6.07, 6.45) is 1.35. The first-order valence-corrected chi connectivity index (χ1v) is 7.32. The summed E-state index contributed by atoms with van der Waals surface area (Å²) < 4.78 is -1.35. The molecule has 0 atom stereocenters. The maximum atomic E-state index is 12.2. The van der Waals surface area contributed by atoms with E-state index in [4.69, 9.17) is 23.2 Å². The minimum absolute atomic E-state index is 0.131. The fourth-order valence-corrected chi connectivity index (χ4v) is 2.53. The van der Waals surface area contributed by atoms with E-state index in [1.165, 1.54) is 0 Å². The highest BCUT2D eigenvalue weighted by molar-refractivity contribution is 6.58. The van der Waals surface area contributed by atoms with Crippen LogP contribution in [0.1, 0.15) is 17.5 Å². The maximum absolute atomic E-state index is 12.2. The van der Waals surface area contributed by atoms with Crippen molar-refractivity contribution in [3.63, 3.8) is 0 Å². The standard InChI is InChI=1S/C17H16Cl2O/c18-17(19,13-15-9-5-2-6-10-15)16(20)12-11-14-7-3-1-4-8-14/h1-10H,11-13H2. The minimum atomic E-state index is -1.35. The van der Waals surface area contributed by atoms with E-state index in [0.29, 0.717) is 19.3 Å². The molecule has 0 unspecified atom stereocenters. The molecule has 0 aliphatic heterocycles. The lowest BCUT2D eigenvalue weighted by Gasteiger charge is -2.18. The van der Waals surface area contributed by atoms with E-state index in [9.17, 15) is 4.79 Å². The van der Waals surface area contributed by atoms with E-state index < -0.39 is 4.33 Å². The van der Waals surface area contributed by atoms with Crippen molar-refractivity contribution in [2.75, 3.05) is 0 Å². The Morgan fingerprint density at radius 2 is 1.35 bits per heavy atom. The van der Waals surface area contributed by atoms with Crippen LogP contribution in [0.15, 0.2) is 60.7 Å². The van der Waals surface area contributed by atoms with Crippen molar-refractivity contribution in [1.82, 2.24) is 0 Å². The number of benzene rings is 2. The van der Waals surface area contributed by atoms with Gasteiger partial charge in [-0.25, -0.2) is 0 Å². The topological polar surface area (TPSA) is 17.1 Å². The Bertz CT molecular complexity index is 550. The Balaban J connectivity index is 1.93. The van der Waals surface area contributed by atoms with Crippen LogP contribution in [0.5, 0.6) is 0 Å². The molecule has 1 nitrogen and oxygen atoms in total. The smallest absolute Gasteiger partial charge is 0.179 e. The Labute approximate surface area is 129 Å². The van der Waals surface area contributed by atoms with Gasteiger partial charge in [0.05, 0.1) is 0 Å². The van der Waals surface area contributed by atoms with Crippen LogP contribution in [0.25, 0.3) is 0 Å². The van der Waals surface area contributed by atoms with Gasteiger partial charge in [-0.05, 0) is 17.5 Å². The van der Waals surface area contributed by atoms with Crippen molar-refractivity contribution in [1.29, 1.82) is 0 Å². The summed E-state index contributed by atoms with van der Waals surface area (Å²) in [6.45, 7) is 0. The molecular formula is C17H16Cl2O. The van der Waals surface area contributed by atoms with E-state index in [2.05, 4.69) is 0 Å². The van der Waals surface area contributed by atoms with Gasteiger partial charge in [-0.1, -0.05) is 83.9 Å². The summed E-state index contributed by atoms with van der Waals surface area (Å²) in [5.74, 6) is -0.131. The number of alkyl halides is 2. The summed E-state index contributed by atoms with van der Waals surface area (Å²) in [4.78, 5) is 12.2. The van der Waals surface area contributed by atoms with Crippen molar-refractivity contribution >= 4 is 29.0 Å². The lowest BCUT2D eigenvalue weighted by molar-refractivity contribution is -0.119. The Morgan fingerprint density at radius 1 is 0.850 bits per heavy atom. The van der Waals surface area contributed by atoms with Gasteiger partial charge in [-0.2, -0.15) is 0 Å². The average Bonchev–Trinajstić information content (AvgIpc) is 2.46. The number of carbonyl (C=O) groups excluding carboxylic acids is 1. The van der Waals surface area contributed by atoms with E-state index >= 15 is 0 Å². The molecule has 0 radical (unpaired) electrons.